The van der Waals surface area contributed by atoms with E-state index in [2.05, 4.69) is 15.3 Å². The minimum Gasteiger partial charge on any atom is -0.399 e. The largest absolute Gasteiger partial charge is 0.399 e. The Balaban J connectivity index is 1.73. The number of carbonyl (C=O) groups is 1. The van der Waals surface area contributed by atoms with E-state index in [1.807, 2.05) is 12.1 Å². The fourth-order valence-corrected chi connectivity index (χ4v) is 2.38. The second kappa shape index (κ2) is 5.97. The highest BCUT2D eigenvalue weighted by molar-refractivity contribution is 6.00. The molecule has 1 aromatic heterocycles. The van der Waals surface area contributed by atoms with Crippen LogP contribution in [-0.4, -0.2) is 46.9 Å². The molecule has 7 nitrogen and oxygen atoms in total. The average Bonchev–Trinajstić information content (AvgIpc) is 3.16. The number of hydrogen-bond acceptors (Lipinski definition) is 6. The van der Waals surface area contributed by atoms with Crippen LogP contribution < -0.4 is 0 Å². The summed E-state index contributed by atoms with van der Waals surface area (Å²) in [6.45, 7) is 2.91. The first-order valence-electron chi connectivity index (χ1n) is 6.96. The first kappa shape index (κ1) is 14.2. The Kier molecular flexibility index (Phi) is 3.86. The Hall–Kier alpha value is -2.70. The number of likely N-dealkylation sites (tertiary alicyclic amines) is 1. The van der Waals surface area contributed by atoms with Gasteiger partial charge in [-0.3, -0.25) is 4.79 Å². The Labute approximate surface area is 127 Å². The van der Waals surface area contributed by atoms with Crippen molar-refractivity contribution in [1.29, 1.82) is 0 Å². The quantitative estimate of drug-likeness (QED) is 0.809. The number of hydrogen-bond donors (Lipinski definition) is 0. The molecule has 0 spiro atoms. The molecule has 0 saturated carbocycles. The van der Waals surface area contributed by atoms with Crippen LogP contribution >= 0.6 is 0 Å². The van der Waals surface area contributed by atoms with Crippen molar-refractivity contribution in [2.24, 2.45) is 5.16 Å². The summed E-state index contributed by atoms with van der Waals surface area (Å²) >= 11 is 0. The van der Waals surface area contributed by atoms with E-state index in [1.165, 1.54) is 7.11 Å². The maximum absolute atomic E-state index is 12.4. The zero-order valence-corrected chi connectivity index (χ0v) is 12.4. The van der Waals surface area contributed by atoms with Gasteiger partial charge in [-0.15, -0.1) is 0 Å². The summed E-state index contributed by atoms with van der Waals surface area (Å²) in [4.78, 5) is 23.1. The molecule has 0 radical (unpaired) electrons. The van der Waals surface area contributed by atoms with E-state index in [0.29, 0.717) is 30.4 Å². The van der Waals surface area contributed by atoms with Gasteiger partial charge in [0.25, 0.3) is 5.91 Å². The lowest BCUT2D eigenvalue weighted by Crippen LogP contribution is -2.28. The molecule has 7 heteroatoms. The molecule has 1 aliphatic heterocycles. The van der Waals surface area contributed by atoms with Crippen LogP contribution in [0.5, 0.6) is 0 Å². The maximum atomic E-state index is 12.4. The Bertz CT molecular complexity index is 706. The third kappa shape index (κ3) is 2.83. The zero-order chi connectivity index (χ0) is 15.5. The van der Waals surface area contributed by atoms with Gasteiger partial charge < -0.3 is 14.3 Å². The summed E-state index contributed by atoms with van der Waals surface area (Å²) in [6, 6.07) is 7.18. The van der Waals surface area contributed by atoms with Crippen LogP contribution in [0.4, 0.5) is 0 Å². The van der Waals surface area contributed by atoms with Crippen molar-refractivity contribution in [3.8, 4) is 11.4 Å². The van der Waals surface area contributed by atoms with Crippen LogP contribution in [0.15, 0.2) is 33.9 Å². The van der Waals surface area contributed by atoms with E-state index in [4.69, 9.17) is 9.36 Å². The third-order valence-electron chi connectivity index (χ3n) is 3.47. The lowest BCUT2D eigenvalue weighted by molar-refractivity contribution is 0.0798. The molecular formula is C15H16N4O3. The van der Waals surface area contributed by atoms with Gasteiger partial charge in [0.1, 0.15) is 7.11 Å². The zero-order valence-electron chi connectivity index (χ0n) is 12.4. The van der Waals surface area contributed by atoms with Gasteiger partial charge in [0.15, 0.2) is 0 Å². The third-order valence-corrected chi connectivity index (χ3v) is 3.47. The van der Waals surface area contributed by atoms with Crippen molar-refractivity contribution in [3.05, 3.63) is 35.7 Å². The van der Waals surface area contributed by atoms with Gasteiger partial charge in [-0.2, -0.15) is 4.98 Å². The van der Waals surface area contributed by atoms with Crippen LogP contribution in [0.25, 0.3) is 11.4 Å². The number of nitrogens with zero attached hydrogens (tertiary/aromatic N) is 4. The smallest absolute Gasteiger partial charge is 0.254 e. The molecule has 0 bridgehead atoms. The van der Waals surface area contributed by atoms with Gasteiger partial charge in [-0.1, -0.05) is 22.4 Å². The van der Waals surface area contributed by atoms with Gasteiger partial charge in [0.2, 0.25) is 11.7 Å². The number of aryl methyl sites for hydroxylation is 1. The second-order valence-electron chi connectivity index (χ2n) is 5.03. The Morgan fingerprint density at radius 1 is 1.36 bits per heavy atom. The summed E-state index contributed by atoms with van der Waals surface area (Å²) in [5.41, 5.74) is 2.33. The van der Waals surface area contributed by atoms with Gasteiger partial charge in [0, 0.05) is 31.0 Å². The number of benzene rings is 1. The molecule has 1 aliphatic rings. The highest BCUT2D eigenvalue weighted by atomic mass is 16.6. The first-order chi connectivity index (χ1) is 10.7. The molecule has 0 N–H and O–H groups in total. The molecule has 3 rings (SSSR count). The van der Waals surface area contributed by atoms with Gasteiger partial charge >= 0.3 is 0 Å². The topological polar surface area (TPSA) is 80.8 Å². The molecule has 0 unspecified atom stereocenters. The standard InChI is InChI=1S/C15H16N4O3/c1-10-16-14(18-22-10)11-3-5-12(6-4-11)15(20)19-8-7-13(9-19)17-21-2/h3-6H,7-9H2,1-2H3. The molecule has 1 aromatic carbocycles. The van der Waals surface area contributed by atoms with E-state index < -0.39 is 0 Å². The number of carbonyl (C=O) groups excluding carboxylic acids is 1. The predicted molar refractivity (Wildman–Crippen MR) is 79.4 cm³/mol. The normalized spacial score (nSPS) is 16.3. The molecule has 1 fully saturated rings. The van der Waals surface area contributed by atoms with Crippen molar-refractivity contribution in [2.75, 3.05) is 20.2 Å². The van der Waals surface area contributed by atoms with Crippen LogP contribution in [0, 0.1) is 6.92 Å². The summed E-state index contributed by atoms with van der Waals surface area (Å²) in [5.74, 6) is 1.02. The predicted octanol–water partition coefficient (Wildman–Crippen LogP) is 1.89. The minimum atomic E-state index is -0.0165. The lowest BCUT2D eigenvalue weighted by atomic mass is 10.1. The van der Waals surface area contributed by atoms with Crippen molar-refractivity contribution >= 4 is 11.6 Å². The summed E-state index contributed by atoms with van der Waals surface area (Å²) in [5, 5.41) is 7.76. The van der Waals surface area contributed by atoms with E-state index >= 15 is 0 Å². The number of aromatic nitrogens is 2. The molecule has 1 saturated heterocycles. The Morgan fingerprint density at radius 2 is 2.14 bits per heavy atom. The molecule has 2 heterocycles. The summed E-state index contributed by atoms with van der Waals surface area (Å²) in [6.07, 6.45) is 0.750. The summed E-state index contributed by atoms with van der Waals surface area (Å²) in [7, 11) is 1.51. The first-order valence-corrected chi connectivity index (χ1v) is 6.96. The molecule has 0 atom stereocenters. The minimum absolute atomic E-state index is 0.0165. The van der Waals surface area contributed by atoms with E-state index in [0.717, 1.165) is 17.7 Å². The van der Waals surface area contributed by atoms with E-state index in [-0.39, 0.29) is 5.91 Å². The van der Waals surface area contributed by atoms with Crippen LogP contribution in [-0.2, 0) is 4.84 Å². The second-order valence-corrected chi connectivity index (χ2v) is 5.03. The van der Waals surface area contributed by atoms with Crippen molar-refractivity contribution in [3.63, 3.8) is 0 Å². The molecule has 0 aliphatic carbocycles. The fraction of sp³-hybridized carbons (Fsp3) is 0.333. The van der Waals surface area contributed by atoms with Gasteiger partial charge in [0.05, 0.1) is 12.3 Å². The van der Waals surface area contributed by atoms with Crippen molar-refractivity contribution in [1.82, 2.24) is 15.0 Å². The van der Waals surface area contributed by atoms with Crippen LogP contribution in [0.1, 0.15) is 22.7 Å². The molecule has 22 heavy (non-hydrogen) atoms. The lowest BCUT2D eigenvalue weighted by Gasteiger charge is -2.14. The van der Waals surface area contributed by atoms with E-state index in [9.17, 15) is 4.79 Å². The van der Waals surface area contributed by atoms with Gasteiger partial charge in [-0.05, 0) is 12.1 Å². The van der Waals surface area contributed by atoms with E-state index in [1.54, 1.807) is 24.0 Å². The number of amides is 1. The van der Waals surface area contributed by atoms with Gasteiger partial charge in [-0.25, -0.2) is 0 Å². The van der Waals surface area contributed by atoms with Crippen LogP contribution in [0.3, 0.4) is 0 Å². The monoisotopic (exact) mass is 300 g/mol. The molecule has 2 aromatic rings. The SMILES string of the molecule is CON=C1CCN(C(=O)c2ccc(-c3noc(C)n3)cc2)C1. The highest BCUT2D eigenvalue weighted by Crippen LogP contribution is 2.18. The maximum Gasteiger partial charge on any atom is 0.254 e. The molecular weight excluding hydrogens is 284 g/mol. The molecule has 1 amide bonds. The van der Waals surface area contributed by atoms with Crippen LogP contribution in [0.2, 0.25) is 0 Å². The van der Waals surface area contributed by atoms with Crippen molar-refractivity contribution < 1.29 is 14.2 Å². The highest BCUT2D eigenvalue weighted by Gasteiger charge is 2.24. The average molecular weight is 300 g/mol. The number of oxime groups is 1. The summed E-state index contributed by atoms with van der Waals surface area (Å²) < 4.78 is 4.95. The molecule has 114 valence electrons. The Morgan fingerprint density at radius 3 is 2.77 bits per heavy atom. The van der Waals surface area contributed by atoms with Crippen molar-refractivity contribution in [2.45, 2.75) is 13.3 Å². The number of rotatable bonds is 3. The fourth-order valence-electron chi connectivity index (χ4n) is 2.38.